The van der Waals surface area contributed by atoms with Crippen molar-refractivity contribution in [3.05, 3.63) is 89.3 Å². The van der Waals surface area contributed by atoms with Gasteiger partial charge >= 0.3 is 5.97 Å². The van der Waals surface area contributed by atoms with Gasteiger partial charge in [-0.2, -0.15) is 5.26 Å². The zero-order valence-electron chi connectivity index (χ0n) is 21.8. The molecule has 3 rings (SSSR count). The van der Waals surface area contributed by atoms with Crippen molar-refractivity contribution in [3.63, 3.8) is 0 Å². The van der Waals surface area contributed by atoms with Crippen molar-refractivity contribution >= 4 is 12.0 Å². The van der Waals surface area contributed by atoms with Crippen molar-refractivity contribution in [2.24, 2.45) is 0 Å². The largest absolute Gasteiger partial charge is 0.497 e. The molecule has 198 valence electrons. The number of methoxy groups -OCH3 is 1. The molecule has 0 amide bonds. The lowest BCUT2D eigenvalue weighted by Gasteiger charge is -2.11. The van der Waals surface area contributed by atoms with Crippen LogP contribution in [0.3, 0.4) is 0 Å². The van der Waals surface area contributed by atoms with Crippen LogP contribution in [0.15, 0.2) is 66.7 Å². The Morgan fingerprint density at radius 3 is 2.45 bits per heavy atom. The Morgan fingerprint density at radius 1 is 0.947 bits per heavy atom. The molecule has 0 aliphatic rings. The summed E-state index contributed by atoms with van der Waals surface area (Å²) >= 11 is 0. The Kier molecular flexibility index (Phi) is 11.7. The molecule has 1 aromatic heterocycles. The van der Waals surface area contributed by atoms with Crippen LogP contribution < -0.4 is 14.2 Å². The van der Waals surface area contributed by atoms with E-state index in [9.17, 15) is 4.79 Å². The summed E-state index contributed by atoms with van der Waals surface area (Å²) in [5.74, 6) is 0.937. The Labute approximate surface area is 224 Å². The second kappa shape index (κ2) is 15.7. The second-order valence-electron chi connectivity index (χ2n) is 8.85. The smallest absolute Gasteiger partial charge is 0.328 e. The van der Waals surface area contributed by atoms with E-state index in [0.29, 0.717) is 35.1 Å². The average molecular weight is 515 g/mol. The Bertz CT molecular complexity index is 1230. The van der Waals surface area contributed by atoms with E-state index in [1.54, 1.807) is 43.5 Å². The number of ether oxygens (including phenoxy) is 3. The molecule has 0 fully saturated rings. The highest BCUT2D eigenvalue weighted by molar-refractivity contribution is 5.85. The molecule has 7 nitrogen and oxygen atoms in total. The second-order valence-corrected chi connectivity index (χ2v) is 8.85. The van der Waals surface area contributed by atoms with Gasteiger partial charge in [0.25, 0.3) is 0 Å². The van der Waals surface area contributed by atoms with Crippen LogP contribution in [-0.4, -0.2) is 29.8 Å². The van der Waals surface area contributed by atoms with Crippen molar-refractivity contribution in [1.82, 2.24) is 4.98 Å². The fraction of sp³-hybridized carbons (Fsp3) is 0.323. The van der Waals surface area contributed by atoms with Gasteiger partial charge in [-0.1, -0.05) is 43.9 Å². The van der Waals surface area contributed by atoms with Gasteiger partial charge in [-0.25, -0.2) is 9.78 Å². The van der Waals surface area contributed by atoms with Gasteiger partial charge in [0.1, 0.15) is 29.5 Å². The predicted molar refractivity (Wildman–Crippen MR) is 146 cm³/mol. The monoisotopic (exact) mass is 514 g/mol. The summed E-state index contributed by atoms with van der Waals surface area (Å²) < 4.78 is 16.9. The first-order valence-corrected chi connectivity index (χ1v) is 12.9. The molecule has 0 bridgehead atoms. The van der Waals surface area contributed by atoms with Crippen LogP contribution in [0, 0.1) is 11.3 Å². The number of rotatable bonds is 16. The minimum absolute atomic E-state index is 0.182. The maximum absolute atomic E-state index is 11.0. The Hall–Kier alpha value is -4.31. The minimum atomic E-state index is -1.06. The fourth-order valence-corrected chi connectivity index (χ4v) is 3.90. The number of carboxylic acid groups (broad SMARTS) is 1. The van der Waals surface area contributed by atoms with Gasteiger partial charge in [-0.15, -0.1) is 0 Å². The number of carbonyl (C=O) groups is 1. The molecule has 1 heterocycles. The van der Waals surface area contributed by atoms with Gasteiger partial charge in [0, 0.05) is 6.08 Å². The topological polar surface area (TPSA) is 102 Å². The maximum Gasteiger partial charge on any atom is 0.328 e. The lowest BCUT2D eigenvalue weighted by molar-refractivity contribution is -0.131. The van der Waals surface area contributed by atoms with Gasteiger partial charge in [-0.3, -0.25) is 0 Å². The summed E-state index contributed by atoms with van der Waals surface area (Å²) in [6.45, 7) is 0.722. The number of nitriles is 1. The molecular weight excluding hydrogens is 480 g/mol. The molecule has 0 atom stereocenters. The minimum Gasteiger partial charge on any atom is -0.497 e. The number of unbranched alkanes of at least 4 members (excludes halogenated alkanes) is 5. The number of aliphatic carboxylic acids is 1. The number of hydrogen-bond acceptors (Lipinski definition) is 6. The first-order chi connectivity index (χ1) is 18.6. The Balaban J connectivity index is 1.40. The molecule has 0 radical (unpaired) electrons. The van der Waals surface area contributed by atoms with Crippen molar-refractivity contribution in [3.8, 4) is 23.3 Å². The van der Waals surface area contributed by atoms with Crippen LogP contribution in [0.1, 0.15) is 61.0 Å². The lowest BCUT2D eigenvalue weighted by atomic mass is 10.0. The van der Waals surface area contributed by atoms with Crippen LogP contribution in [0.4, 0.5) is 0 Å². The molecule has 0 spiro atoms. The van der Waals surface area contributed by atoms with Gasteiger partial charge < -0.3 is 19.3 Å². The third-order valence-corrected chi connectivity index (χ3v) is 5.95. The maximum atomic E-state index is 11.0. The summed E-state index contributed by atoms with van der Waals surface area (Å²) in [4.78, 5) is 15.6. The molecule has 1 N–H and O–H groups in total. The van der Waals surface area contributed by atoms with E-state index in [4.69, 9.17) is 24.6 Å². The number of carboxylic acids is 1. The third-order valence-electron chi connectivity index (χ3n) is 5.95. The summed E-state index contributed by atoms with van der Waals surface area (Å²) in [5, 5.41) is 18.1. The van der Waals surface area contributed by atoms with E-state index >= 15 is 0 Å². The van der Waals surface area contributed by atoms with Crippen LogP contribution in [-0.2, 0) is 17.8 Å². The number of hydrogen-bond donors (Lipinski definition) is 1. The number of aromatic nitrogens is 1. The van der Waals surface area contributed by atoms with Crippen LogP contribution >= 0.6 is 0 Å². The highest BCUT2D eigenvalue weighted by Gasteiger charge is 2.07. The summed E-state index contributed by atoms with van der Waals surface area (Å²) in [6, 6.07) is 20.8. The summed E-state index contributed by atoms with van der Waals surface area (Å²) in [6.07, 6.45) is 10.3. The molecule has 2 aromatic carbocycles. The number of aryl methyl sites for hydroxylation is 1. The average Bonchev–Trinajstić information content (AvgIpc) is 2.95. The van der Waals surface area contributed by atoms with E-state index < -0.39 is 5.97 Å². The molecule has 3 aromatic rings. The molecule has 0 saturated carbocycles. The van der Waals surface area contributed by atoms with E-state index in [2.05, 4.69) is 23.2 Å². The SMILES string of the molecule is COc1ccc(CCCCCCCCOc2ccc(COc3cccc(C#N)c3)nc2C=CC(=O)O)cc1. The molecule has 0 aliphatic heterocycles. The van der Waals surface area contributed by atoms with Crippen molar-refractivity contribution < 1.29 is 24.1 Å². The summed E-state index contributed by atoms with van der Waals surface area (Å²) in [7, 11) is 1.68. The van der Waals surface area contributed by atoms with Gasteiger partial charge in [-0.05, 0) is 73.4 Å². The van der Waals surface area contributed by atoms with E-state index in [-0.39, 0.29) is 6.61 Å². The molecule has 7 heteroatoms. The zero-order chi connectivity index (χ0) is 27.0. The quantitative estimate of drug-likeness (QED) is 0.170. The van der Waals surface area contributed by atoms with Crippen molar-refractivity contribution in [1.29, 1.82) is 5.26 Å². The first-order valence-electron chi connectivity index (χ1n) is 12.9. The van der Waals surface area contributed by atoms with E-state index in [1.165, 1.54) is 30.9 Å². The first kappa shape index (κ1) is 28.3. The van der Waals surface area contributed by atoms with Crippen molar-refractivity contribution in [2.45, 2.75) is 51.6 Å². The summed E-state index contributed by atoms with van der Waals surface area (Å²) in [5.41, 5.74) is 2.92. The number of pyridine rings is 1. The third kappa shape index (κ3) is 9.98. The van der Waals surface area contributed by atoms with Crippen LogP contribution in [0.25, 0.3) is 6.08 Å². The zero-order valence-corrected chi connectivity index (χ0v) is 21.8. The molecule has 0 aliphatic carbocycles. The molecule has 0 unspecified atom stereocenters. The van der Waals surface area contributed by atoms with Gasteiger partial charge in [0.15, 0.2) is 0 Å². The van der Waals surface area contributed by atoms with Gasteiger partial charge in [0.05, 0.1) is 31.0 Å². The standard InChI is InChI=1S/C31H34N2O5/c1-36-27-15-12-24(13-16-27)9-6-4-2-3-5-7-20-37-30-18-14-26(33-29(30)17-19-31(34)35)23-38-28-11-8-10-25(21-28)22-32/h8,10-19,21H,2-7,9,20,23H2,1H3,(H,34,35). The van der Waals surface area contributed by atoms with E-state index in [0.717, 1.165) is 37.5 Å². The predicted octanol–water partition coefficient (Wildman–Crippen LogP) is 6.60. The molecule has 0 saturated heterocycles. The van der Waals surface area contributed by atoms with Crippen LogP contribution in [0.2, 0.25) is 0 Å². The highest BCUT2D eigenvalue weighted by atomic mass is 16.5. The molecule has 38 heavy (non-hydrogen) atoms. The highest BCUT2D eigenvalue weighted by Crippen LogP contribution is 2.21. The Morgan fingerprint density at radius 2 is 1.71 bits per heavy atom. The van der Waals surface area contributed by atoms with Crippen LogP contribution in [0.5, 0.6) is 17.2 Å². The lowest BCUT2D eigenvalue weighted by Crippen LogP contribution is -2.04. The van der Waals surface area contributed by atoms with E-state index in [1.807, 2.05) is 12.1 Å². The van der Waals surface area contributed by atoms with Crippen molar-refractivity contribution in [2.75, 3.05) is 13.7 Å². The van der Waals surface area contributed by atoms with Gasteiger partial charge in [0.2, 0.25) is 0 Å². The number of nitrogens with zero attached hydrogens (tertiary/aromatic N) is 2. The fourth-order valence-electron chi connectivity index (χ4n) is 3.90. The number of benzene rings is 2. The molecular formula is C31H34N2O5. The normalized spacial score (nSPS) is 10.7.